The Balaban J connectivity index is 1.71. The number of Topliss-reactive ketones (excluding diaryl/α,β-unsaturated/α-hetero) is 1. The Morgan fingerprint density at radius 2 is 1.65 bits per heavy atom. The summed E-state index contributed by atoms with van der Waals surface area (Å²) in [6.07, 6.45) is 0.700. The molecule has 0 bridgehead atoms. The van der Waals surface area contributed by atoms with Crippen molar-refractivity contribution in [3.05, 3.63) is 101 Å². The molecule has 1 saturated heterocycles. The van der Waals surface area contributed by atoms with Gasteiger partial charge in [-0.3, -0.25) is 9.59 Å². The second-order valence-electron chi connectivity index (χ2n) is 9.92. The molecule has 4 rings (SSSR count). The molecular formula is C33H38N2O5. The Morgan fingerprint density at radius 3 is 2.30 bits per heavy atom. The van der Waals surface area contributed by atoms with Crippen molar-refractivity contribution in [2.45, 2.75) is 39.8 Å². The van der Waals surface area contributed by atoms with E-state index in [9.17, 15) is 14.7 Å². The summed E-state index contributed by atoms with van der Waals surface area (Å²) in [5.41, 5.74) is 3.29. The van der Waals surface area contributed by atoms with Crippen LogP contribution in [0.5, 0.6) is 11.5 Å². The molecule has 7 nitrogen and oxygen atoms in total. The lowest BCUT2D eigenvalue weighted by atomic mass is 9.94. The van der Waals surface area contributed by atoms with Crippen LogP contribution < -0.4 is 9.47 Å². The van der Waals surface area contributed by atoms with Gasteiger partial charge in [-0.15, -0.1) is 0 Å². The molecule has 3 aromatic rings. The number of rotatable bonds is 12. The van der Waals surface area contributed by atoms with Crippen LogP contribution in [0.25, 0.3) is 5.76 Å². The van der Waals surface area contributed by atoms with Crippen molar-refractivity contribution >= 4 is 17.4 Å². The number of hydrogen-bond donors (Lipinski definition) is 1. The number of methoxy groups -OCH3 is 1. The van der Waals surface area contributed by atoms with Gasteiger partial charge >= 0.3 is 0 Å². The van der Waals surface area contributed by atoms with Crippen LogP contribution in [0.1, 0.15) is 48.6 Å². The smallest absolute Gasteiger partial charge is 0.295 e. The van der Waals surface area contributed by atoms with Crippen LogP contribution in [0.3, 0.4) is 0 Å². The number of aryl methyl sites for hydroxylation is 1. The van der Waals surface area contributed by atoms with Gasteiger partial charge in [0.2, 0.25) is 0 Å². The van der Waals surface area contributed by atoms with E-state index in [1.165, 1.54) is 0 Å². The molecule has 1 amide bonds. The summed E-state index contributed by atoms with van der Waals surface area (Å²) in [7, 11) is 1.56. The SMILES string of the molecule is CCN(CC)CCCN1C(=O)C(=O)/C(=C(/O)c2ccc(C)cc2)C1c1ccc(OCc2ccccc2)c(OC)c1. The zero-order valence-electron chi connectivity index (χ0n) is 23.7. The highest BCUT2D eigenvalue weighted by Crippen LogP contribution is 2.42. The summed E-state index contributed by atoms with van der Waals surface area (Å²) < 4.78 is 11.7. The molecule has 1 aliphatic rings. The molecule has 7 heteroatoms. The maximum absolute atomic E-state index is 13.4. The van der Waals surface area contributed by atoms with Crippen LogP contribution in [0, 0.1) is 6.92 Å². The molecule has 0 saturated carbocycles. The van der Waals surface area contributed by atoms with Gasteiger partial charge in [-0.2, -0.15) is 0 Å². The lowest BCUT2D eigenvalue weighted by Crippen LogP contribution is -2.33. The van der Waals surface area contributed by atoms with Crippen LogP contribution in [-0.4, -0.2) is 59.9 Å². The van der Waals surface area contributed by atoms with Crippen molar-refractivity contribution in [2.75, 3.05) is 33.3 Å². The van der Waals surface area contributed by atoms with Gasteiger partial charge in [-0.05, 0) is 56.2 Å². The van der Waals surface area contributed by atoms with Crippen LogP contribution in [0.15, 0.2) is 78.4 Å². The third-order valence-corrected chi connectivity index (χ3v) is 7.37. The fourth-order valence-electron chi connectivity index (χ4n) is 5.04. The minimum atomic E-state index is -0.755. The van der Waals surface area contributed by atoms with Gasteiger partial charge in [0.25, 0.3) is 11.7 Å². The maximum atomic E-state index is 13.4. The zero-order valence-corrected chi connectivity index (χ0v) is 23.7. The lowest BCUT2D eigenvalue weighted by molar-refractivity contribution is -0.140. The highest BCUT2D eigenvalue weighted by atomic mass is 16.5. The number of ketones is 1. The van der Waals surface area contributed by atoms with Crippen molar-refractivity contribution in [3.8, 4) is 11.5 Å². The molecule has 1 atom stereocenters. The number of carbonyl (C=O) groups excluding carboxylic acids is 2. The number of carbonyl (C=O) groups is 2. The molecule has 1 fully saturated rings. The summed E-state index contributed by atoms with van der Waals surface area (Å²) in [6.45, 7) is 9.53. The molecule has 0 aromatic heterocycles. The Bertz CT molecular complexity index is 1350. The molecule has 1 heterocycles. The predicted octanol–water partition coefficient (Wildman–Crippen LogP) is 5.74. The first-order chi connectivity index (χ1) is 19.4. The summed E-state index contributed by atoms with van der Waals surface area (Å²) in [6, 6.07) is 21.7. The van der Waals surface area contributed by atoms with E-state index in [2.05, 4.69) is 18.7 Å². The van der Waals surface area contributed by atoms with E-state index in [1.807, 2.05) is 55.5 Å². The van der Waals surface area contributed by atoms with E-state index < -0.39 is 17.7 Å². The van der Waals surface area contributed by atoms with E-state index in [4.69, 9.17) is 9.47 Å². The predicted molar refractivity (Wildman–Crippen MR) is 156 cm³/mol. The van der Waals surface area contributed by atoms with E-state index in [-0.39, 0.29) is 11.3 Å². The van der Waals surface area contributed by atoms with Gasteiger partial charge in [-0.25, -0.2) is 0 Å². The maximum Gasteiger partial charge on any atom is 0.295 e. The number of aliphatic hydroxyl groups excluding tert-OH is 1. The molecule has 0 spiro atoms. The average molecular weight is 543 g/mol. The van der Waals surface area contributed by atoms with Crippen molar-refractivity contribution in [1.82, 2.24) is 9.80 Å². The summed E-state index contributed by atoms with van der Waals surface area (Å²) in [4.78, 5) is 30.6. The minimum absolute atomic E-state index is 0.0803. The summed E-state index contributed by atoms with van der Waals surface area (Å²) in [5, 5.41) is 11.3. The van der Waals surface area contributed by atoms with Gasteiger partial charge in [0.1, 0.15) is 12.4 Å². The highest BCUT2D eigenvalue weighted by molar-refractivity contribution is 6.46. The fourth-order valence-corrected chi connectivity index (χ4v) is 5.04. The molecule has 210 valence electrons. The van der Waals surface area contributed by atoms with Gasteiger partial charge in [0.05, 0.1) is 18.7 Å². The summed E-state index contributed by atoms with van der Waals surface area (Å²) >= 11 is 0. The number of nitrogens with zero attached hydrogens (tertiary/aromatic N) is 2. The van der Waals surface area contributed by atoms with E-state index in [1.54, 1.807) is 36.3 Å². The van der Waals surface area contributed by atoms with Crippen molar-refractivity contribution in [2.24, 2.45) is 0 Å². The van der Waals surface area contributed by atoms with E-state index in [0.717, 1.165) is 30.8 Å². The fraction of sp³-hybridized carbons (Fsp3) is 0.333. The normalized spacial score (nSPS) is 16.5. The van der Waals surface area contributed by atoms with Gasteiger partial charge < -0.3 is 24.4 Å². The minimum Gasteiger partial charge on any atom is -0.507 e. The number of hydrogen-bond acceptors (Lipinski definition) is 6. The Kier molecular flexibility index (Phi) is 9.61. The molecular weight excluding hydrogens is 504 g/mol. The van der Waals surface area contributed by atoms with Crippen LogP contribution in [0.4, 0.5) is 0 Å². The van der Waals surface area contributed by atoms with Crippen LogP contribution >= 0.6 is 0 Å². The molecule has 40 heavy (non-hydrogen) atoms. The largest absolute Gasteiger partial charge is 0.507 e. The number of benzene rings is 3. The molecule has 1 aliphatic heterocycles. The standard InChI is InChI=1S/C33H38N2O5/c1-5-34(6-2)19-10-20-35-30(29(32(37)33(35)38)31(36)25-15-13-23(3)14-16-25)26-17-18-27(28(21-26)39-4)40-22-24-11-8-7-9-12-24/h7-9,11-18,21,30,36H,5-6,10,19-20,22H2,1-4H3/b31-29+. The second kappa shape index (κ2) is 13.3. The zero-order chi connectivity index (χ0) is 28.6. The van der Waals surface area contributed by atoms with Crippen molar-refractivity contribution < 1.29 is 24.2 Å². The van der Waals surface area contributed by atoms with Gasteiger partial charge in [0.15, 0.2) is 11.5 Å². The molecule has 0 aliphatic carbocycles. The highest BCUT2D eigenvalue weighted by Gasteiger charge is 2.46. The molecule has 0 radical (unpaired) electrons. The van der Waals surface area contributed by atoms with Crippen LogP contribution in [0.2, 0.25) is 0 Å². The number of aliphatic hydroxyl groups is 1. The van der Waals surface area contributed by atoms with Crippen molar-refractivity contribution in [1.29, 1.82) is 0 Å². The number of ether oxygens (including phenoxy) is 2. The molecule has 1 N–H and O–H groups in total. The van der Waals surface area contributed by atoms with Crippen LogP contribution in [-0.2, 0) is 16.2 Å². The first-order valence-corrected chi connectivity index (χ1v) is 13.8. The average Bonchev–Trinajstić information content (AvgIpc) is 3.23. The topological polar surface area (TPSA) is 79.3 Å². The van der Waals surface area contributed by atoms with E-state index in [0.29, 0.717) is 42.2 Å². The Hall–Kier alpha value is -4.10. The van der Waals surface area contributed by atoms with E-state index >= 15 is 0 Å². The summed E-state index contributed by atoms with van der Waals surface area (Å²) in [5.74, 6) is -0.446. The Labute approximate surface area is 236 Å². The number of amides is 1. The second-order valence-corrected chi connectivity index (χ2v) is 9.92. The first kappa shape index (κ1) is 28.9. The monoisotopic (exact) mass is 542 g/mol. The molecule has 1 unspecified atom stereocenters. The third kappa shape index (κ3) is 6.37. The third-order valence-electron chi connectivity index (χ3n) is 7.37. The lowest BCUT2D eigenvalue weighted by Gasteiger charge is -2.27. The van der Waals surface area contributed by atoms with Crippen molar-refractivity contribution in [3.63, 3.8) is 0 Å². The quantitative estimate of drug-likeness (QED) is 0.179. The van der Waals surface area contributed by atoms with Gasteiger partial charge in [0, 0.05) is 12.1 Å². The first-order valence-electron chi connectivity index (χ1n) is 13.8. The molecule has 3 aromatic carbocycles. The Morgan fingerprint density at radius 1 is 0.950 bits per heavy atom. The number of likely N-dealkylation sites (tertiary alicyclic amines) is 1. The van der Waals surface area contributed by atoms with Gasteiger partial charge in [-0.1, -0.05) is 80.1 Å².